The molecule has 2 aromatic heterocycles. The van der Waals surface area contributed by atoms with E-state index in [9.17, 15) is 14.0 Å². The van der Waals surface area contributed by atoms with Crippen molar-refractivity contribution in [3.63, 3.8) is 0 Å². The van der Waals surface area contributed by atoms with Crippen LogP contribution in [-0.2, 0) is 16.1 Å². The Bertz CT molecular complexity index is 1330. The molecule has 0 aliphatic carbocycles. The average Bonchev–Trinajstić information content (AvgIpc) is 3.31. The summed E-state index contributed by atoms with van der Waals surface area (Å²) in [6, 6.07) is 16.9. The second-order valence-corrected chi connectivity index (χ2v) is 7.94. The van der Waals surface area contributed by atoms with Gasteiger partial charge in [-0.3, -0.25) is 4.79 Å². The van der Waals surface area contributed by atoms with E-state index in [4.69, 9.17) is 16.3 Å². The van der Waals surface area contributed by atoms with Crippen molar-refractivity contribution in [1.29, 1.82) is 0 Å². The van der Waals surface area contributed by atoms with Crippen LogP contribution in [0.3, 0.4) is 0 Å². The molecule has 0 saturated heterocycles. The quantitative estimate of drug-likeness (QED) is 0.397. The Labute approximate surface area is 199 Å². The van der Waals surface area contributed by atoms with Gasteiger partial charge in [-0.1, -0.05) is 41.9 Å². The average molecular weight is 482 g/mol. The number of ether oxygens (including phenoxy) is 1. The topological polar surface area (TPSA) is 91.0 Å². The highest BCUT2D eigenvalue weighted by atomic mass is 35.5. The molecule has 0 radical (unpaired) electrons. The Kier molecular flexibility index (Phi) is 6.74. The zero-order valence-corrected chi connectivity index (χ0v) is 19.2. The Morgan fingerprint density at radius 2 is 1.76 bits per heavy atom. The van der Waals surface area contributed by atoms with Gasteiger partial charge in [-0.2, -0.15) is 10.2 Å². The van der Waals surface area contributed by atoms with Gasteiger partial charge in [0.25, 0.3) is 5.91 Å². The number of nitrogens with one attached hydrogen (secondary N) is 1. The second kappa shape index (κ2) is 9.88. The van der Waals surface area contributed by atoms with Crippen molar-refractivity contribution in [3.8, 4) is 5.69 Å². The summed E-state index contributed by atoms with van der Waals surface area (Å²) in [4.78, 5) is 25.1. The van der Waals surface area contributed by atoms with Crippen molar-refractivity contribution in [2.24, 2.45) is 0 Å². The van der Waals surface area contributed by atoms with Gasteiger partial charge in [0, 0.05) is 6.07 Å². The van der Waals surface area contributed by atoms with Crippen LogP contribution in [0.1, 0.15) is 27.3 Å². The third kappa shape index (κ3) is 5.15. The molecule has 174 valence electrons. The summed E-state index contributed by atoms with van der Waals surface area (Å²) in [7, 11) is 0. The normalized spacial score (nSPS) is 10.8. The van der Waals surface area contributed by atoms with Crippen LogP contribution in [0.2, 0.25) is 5.15 Å². The van der Waals surface area contributed by atoms with Crippen LogP contribution in [0.25, 0.3) is 5.69 Å². The molecule has 0 spiro atoms. The SMILES string of the molecule is Cc1cc(NC(=O)COC(=O)c2c(C)nn(Cc3ccccc3)c2Cl)n(-c2ccc(F)cc2)n1. The highest BCUT2D eigenvalue weighted by molar-refractivity contribution is 6.32. The molecule has 4 aromatic rings. The molecule has 1 N–H and O–H groups in total. The van der Waals surface area contributed by atoms with E-state index >= 15 is 0 Å². The predicted molar refractivity (Wildman–Crippen MR) is 125 cm³/mol. The van der Waals surface area contributed by atoms with Crippen molar-refractivity contribution in [3.05, 3.63) is 94.1 Å². The van der Waals surface area contributed by atoms with E-state index in [1.165, 1.54) is 33.6 Å². The van der Waals surface area contributed by atoms with E-state index in [1.807, 2.05) is 30.3 Å². The summed E-state index contributed by atoms with van der Waals surface area (Å²) >= 11 is 6.38. The Balaban J connectivity index is 1.41. The number of nitrogens with zero attached hydrogens (tertiary/aromatic N) is 4. The fourth-order valence-corrected chi connectivity index (χ4v) is 3.71. The monoisotopic (exact) mass is 481 g/mol. The molecule has 34 heavy (non-hydrogen) atoms. The maximum Gasteiger partial charge on any atom is 0.343 e. The number of anilines is 1. The first-order valence-electron chi connectivity index (χ1n) is 10.4. The lowest BCUT2D eigenvalue weighted by atomic mass is 10.2. The van der Waals surface area contributed by atoms with Crippen LogP contribution in [-0.4, -0.2) is 38.0 Å². The van der Waals surface area contributed by atoms with Gasteiger partial charge in [-0.15, -0.1) is 0 Å². The number of carbonyl (C=O) groups excluding carboxylic acids is 2. The summed E-state index contributed by atoms with van der Waals surface area (Å²) in [5, 5.41) is 11.4. The second-order valence-electron chi connectivity index (χ2n) is 7.58. The number of aryl methyl sites for hydroxylation is 2. The van der Waals surface area contributed by atoms with Crippen molar-refractivity contribution >= 4 is 29.3 Å². The molecule has 0 aliphatic rings. The summed E-state index contributed by atoms with van der Waals surface area (Å²) in [6.45, 7) is 3.26. The lowest BCUT2D eigenvalue weighted by molar-refractivity contribution is -0.119. The third-order valence-corrected chi connectivity index (χ3v) is 5.33. The number of amides is 1. The lowest BCUT2D eigenvalue weighted by Gasteiger charge is -2.09. The summed E-state index contributed by atoms with van der Waals surface area (Å²) < 4.78 is 21.4. The van der Waals surface area contributed by atoms with Gasteiger partial charge in [0.2, 0.25) is 0 Å². The molecule has 2 aromatic carbocycles. The molecule has 0 aliphatic heterocycles. The number of benzene rings is 2. The van der Waals surface area contributed by atoms with E-state index in [0.29, 0.717) is 29.4 Å². The van der Waals surface area contributed by atoms with Crippen LogP contribution in [0.15, 0.2) is 60.7 Å². The number of rotatable bonds is 7. The summed E-state index contributed by atoms with van der Waals surface area (Å²) in [6.07, 6.45) is 0. The number of esters is 1. The van der Waals surface area contributed by atoms with Gasteiger partial charge >= 0.3 is 5.97 Å². The summed E-state index contributed by atoms with van der Waals surface area (Å²) in [5.41, 5.74) is 2.69. The largest absolute Gasteiger partial charge is 0.452 e. The zero-order valence-electron chi connectivity index (χ0n) is 18.5. The van der Waals surface area contributed by atoms with Crippen LogP contribution >= 0.6 is 11.6 Å². The standard InChI is InChI=1S/C24H21ClFN5O3/c1-15-12-20(31(28-15)19-10-8-18(26)9-11-19)27-21(32)14-34-24(33)22-16(2)29-30(23(22)25)13-17-6-4-3-5-7-17/h3-12H,13-14H2,1-2H3,(H,27,32). The molecule has 4 rings (SSSR count). The minimum Gasteiger partial charge on any atom is -0.452 e. The molecule has 0 atom stereocenters. The van der Waals surface area contributed by atoms with Gasteiger partial charge in [-0.25, -0.2) is 18.5 Å². The molecule has 8 nitrogen and oxygen atoms in total. The highest BCUT2D eigenvalue weighted by Gasteiger charge is 2.23. The number of carbonyl (C=O) groups is 2. The van der Waals surface area contributed by atoms with E-state index in [0.717, 1.165) is 5.56 Å². The van der Waals surface area contributed by atoms with Crippen molar-refractivity contribution in [2.45, 2.75) is 20.4 Å². The smallest absolute Gasteiger partial charge is 0.343 e. The van der Waals surface area contributed by atoms with E-state index in [2.05, 4.69) is 15.5 Å². The molecular weight excluding hydrogens is 461 g/mol. The minimum absolute atomic E-state index is 0.109. The van der Waals surface area contributed by atoms with Gasteiger partial charge in [0.1, 0.15) is 22.4 Å². The first-order valence-corrected chi connectivity index (χ1v) is 10.8. The molecule has 0 bridgehead atoms. The molecule has 10 heteroatoms. The van der Waals surface area contributed by atoms with Crippen molar-refractivity contribution < 1.29 is 18.7 Å². The van der Waals surface area contributed by atoms with Gasteiger partial charge in [-0.05, 0) is 43.7 Å². The van der Waals surface area contributed by atoms with Gasteiger partial charge < -0.3 is 10.1 Å². The van der Waals surface area contributed by atoms with Crippen molar-refractivity contribution in [2.75, 3.05) is 11.9 Å². The molecule has 1 amide bonds. The van der Waals surface area contributed by atoms with E-state index in [-0.39, 0.29) is 16.5 Å². The van der Waals surface area contributed by atoms with Gasteiger partial charge in [0.05, 0.1) is 23.6 Å². The number of halogens is 2. The van der Waals surface area contributed by atoms with Crippen LogP contribution < -0.4 is 5.32 Å². The molecular formula is C24H21ClFN5O3. The number of hydrogen-bond acceptors (Lipinski definition) is 5. The Hall–Kier alpha value is -3.98. The molecule has 0 fully saturated rings. The molecule has 0 unspecified atom stereocenters. The number of aromatic nitrogens is 4. The lowest BCUT2D eigenvalue weighted by Crippen LogP contribution is -2.22. The fraction of sp³-hybridized carbons (Fsp3) is 0.167. The number of hydrogen-bond donors (Lipinski definition) is 1. The van der Waals surface area contributed by atoms with Crippen LogP contribution in [0, 0.1) is 19.7 Å². The summed E-state index contributed by atoms with van der Waals surface area (Å²) in [5.74, 6) is -1.34. The van der Waals surface area contributed by atoms with Crippen LogP contribution in [0.5, 0.6) is 0 Å². The maximum absolute atomic E-state index is 13.2. The predicted octanol–water partition coefficient (Wildman–Crippen LogP) is 4.32. The van der Waals surface area contributed by atoms with E-state index < -0.39 is 18.5 Å². The molecule has 0 saturated carbocycles. The first kappa shape index (κ1) is 23.2. The van der Waals surface area contributed by atoms with Gasteiger partial charge in [0.15, 0.2) is 6.61 Å². The first-order chi connectivity index (χ1) is 16.3. The maximum atomic E-state index is 13.2. The fourth-order valence-electron chi connectivity index (χ4n) is 3.40. The highest BCUT2D eigenvalue weighted by Crippen LogP contribution is 2.22. The third-order valence-electron chi connectivity index (χ3n) is 4.95. The zero-order chi connectivity index (χ0) is 24.2. The Morgan fingerprint density at radius 1 is 1.06 bits per heavy atom. The molecule has 2 heterocycles. The van der Waals surface area contributed by atoms with Crippen LogP contribution in [0.4, 0.5) is 10.2 Å². The minimum atomic E-state index is -0.750. The Morgan fingerprint density at radius 3 is 2.47 bits per heavy atom. The van der Waals surface area contributed by atoms with Crippen molar-refractivity contribution in [1.82, 2.24) is 19.6 Å². The van der Waals surface area contributed by atoms with E-state index in [1.54, 1.807) is 19.9 Å².